The Morgan fingerprint density at radius 3 is 2.06 bits per heavy atom. The molecule has 0 spiro atoms. The molecule has 2 nitrogen and oxygen atoms in total. The number of hydrogen-bond acceptors (Lipinski definition) is 3. The fourth-order valence-electron chi connectivity index (χ4n) is 1.36. The summed E-state index contributed by atoms with van der Waals surface area (Å²) in [5, 5.41) is 0. The van der Waals surface area contributed by atoms with Crippen LogP contribution in [-0.2, 0) is 8.87 Å². The molecule has 0 amide bonds. The Kier molecular flexibility index (Phi) is 3.54. The van der Waals surface area contributed by atoms with Gasteiger partial charge in [0.15, 0.2) is 0 Å². The minimum atomic E-state index is -3.31. The van der Waals surface area contributed by atoms with Crippen LogP contribution in [0.5, 0.6) is 0 Å². The Balaban J connectivity index is 2.27. The van der Waals surface area contributed by atoms with Crippen molar-refractivity contribution in [3.05, 3.63) is 60.2 Å². The van der Waals surface area contributed by atoms with Crippen molar-refractivity contribution in [2.24, 2.45) is 0 Å². The van der Waals surface area contributed by atoms with Crippen molar-refractivity contribution < 1.29 is 8.42 Å². The van der Waals surface area contributed by atoms with E-state index in [0.717, 1.165) is 21.3 Å². The highest BCUT2D eigenvalue weighted by atomic mass is 33.1. The van der Waals surface area contributed by atoms with Gasteiger partial charge in [0, 0.05) is 15.7 Å². The second-order valence-electron chi connectivity index (χ2n) is 3.66. The van der Waals surface area contributed by atoms with Crippen LogP contribution in [0.4, 0.5) is 0 Å². The van der Waals surface area contributed by atoms with Crippen molar-refractivity contribution in [3.63, 3.8) is 0 Å². The fourth-order valence-corrected chi connectivity index (χ4v) is 4.16. The molecule has 0 aliphatic carbocycles. The zero-order valence-electron chi connectivity index (χ0n) is 9.33. The van der Waals surface area contributed by atoms with Gasteiger partial charge in [0.25, 0.3) is 0 Å². The van der Waals surface area contributed by atoms with Gasteiger partial charge in [-0.2, -0.15) is 0 Å². The maximum atomic E-state index is 12.0. The summed E-state index contributed by atoms with van der Waals surface area (Å²) in [5.41, 5.74) is 1.12. The zero-order valence-corrected chi connectivity index (χ0v) is 11.0. The molecule has 0 atom stereocenters. The molecule has 0 aliphatic heterocycles. The van der Waals surface area contributed by atoms with E-state index in [9.17, 15) is 8.42 Å². The quantitative estimate of drug-likeness (QED) is 0.796. The van der Waals surface area contributed by atoms with Gasteiger partial charge in [-0.15, -0.1) is 0 Å². The molecular weight excluding hydrogens is 252 g/mol. The van der Waals surface area contributed by atoms with E-state index < -0.39 is 8.87 Å². The molecule has 4 heteroatoms. The van der Waals surface area contributed by atoms with Gasteiger partial charge in [-0.25, -0.2) is 8.42 Å². The Hall–Kier alpha value is -1.26. The average Bonchev–Trinajstić information content (AvgIpc) is 2.33. The number of hydrogen-bond donors (Lipinski definition) is 0. The van der Waals surface area contributed by atoms with E-state index in [1.165, 1.54) is 0 Å². The van der Waals surface area contributed by atoms with Crippen molar-refractivity contribution in [1.82, 2.24) is 0 Å². The van der Waals surface area contributed by atoms with E-state index in [-0.39, 0.29) is 0 Å². The first kappa shape index (κ1) is 12.2. The summed E-state index contributed by atoms with van der Waals surface area (Å²) < 4.78 is 24.1. The van der Waals surface area contributed by atoms with Gasteiger partial charge in [-0.05, 0) is 31.2 Å². The van der Waals surface area contributed by atoms with E-state index in [1.807, 2.05) is 31.2 Å². The molecule has 0 aliphatic rings. The van der Waals surface area contributed by atoms with Gasteiger partial charge in [-0.3, -0.25) is 0 Å². The zero-order chi connectivity index (χ0) is 12.3. The van der Waals surface area contributed by atoms with Crippen LogP contribution in [-0.4, -0.2) is 8.42 Å². The Bertz CT molecular complexity index is 587. The third kappa shape index (κ3) is 3.11. The second kappa shape index (κ2) is 4.94. The highest BCUT2D eigenvalue weighted by molar-refractivity contribution is 8.72. The van der Waals surface area contributed by atoms with Crippen LogP contribution in [0.2, 0.25) is 0 Å². The molecule has 0 aromatic heterocycles. The number of benzene rings is 2. The van der Waals surface area contributed by atoms with Gasteiger partial charge in [0.1, 0.15) is 0 Å². The minimum absolute atomic E-state index is 0.338. The Labute approximate surface area is 105 Å². The molecule has 17 heavy (non-hydrogen) atoms. The van der Waals surface area contributed by atoms with Crippen LogP contribution >= 0.6 is 10.8 Å². The molecule has 2 rings (SSSR count). The van der Waals surface area contributed by atoms with Crippen molar-refractivity contribution in [2.45, 2.75) is 16.7 Å². The lowest BCUT2D eigenvalue weighted by atomic mass is 10.2. The van der Waals surface area contributed by atoms with Gasteiger partial charge in [-0.1, -0.05) is 35.9 Å². The molecule has 88 valence electrons. The predicted octanol–water partition coefficient (Wildman–Crippen LogP) is 3.48. The normalized spacial score (nSPS) is 11.4. The van der Waals surface area contributed by atoms with Crippen LogP contribution in [0.1, 0.15) is 5.56 Å². The third-order valence-electron chi connectivity index (χ3n) is 2.26. The van der Waals surface area contributed by atoms with E-state index >= 15 is 0 Å². The molecule has 0 bridgehead atoms. The maximum Gasteiger partial charge on any atom is 0.234 e. The monoisotopic (exact) mass is 264 g/mol. The lowest BCUT2D eigenvalue weighted by Gasteiger charge is -2.03. The average molecular weight is 264 g/mol. The van der Waals surface area contributed by atoms with Crippen LogP contribution in [0.3, 0.4) is 0 Å². The number of rotatable bonds is 3. The number of aryl methyl sites for hydroxylation is 1. The standard InChI is InChI=1S/C13H12O2S2/c1-11-7-9-12(10-8-11)16-17(14,15)13-5-3-2-4-6-13/h2-10H,1H3. The van der Waals surface area contributed by atoms with Crippen molar-refractivity contribution in [2.75, 3.05) is 0 Å². The summed E-state index contributed by atoms with van der Waals surface area (Å²) in [4.78, 5) is 1.07. The van der Waals surface area contributed by atoms with Gasteiger partial charge < -0.3 is 0 Å². The van der Waals surface area contributed by atoms with Crippen LogP contribution in [0, 0.1) is 6.92 Å². The smallest absolute Gasteiger partial charge is 0.212 e. The van der Waals surface area contributed by atoms with E-state index in [0.29, 0.717) is 4.90 Å². The van der Waals surface area contributed by atoms with Gasteiger partial charge in [0.2, 0.25) is 8.87 Å². The summed E-state index contributed by atoms with van der Waals surface area (Å²) in [5.74, 6) is 0. The molecule has 0 N–H and O–H groups in total. The van der Waals surface area contributed by atoms with Crippen molar-refractivity contribution in [3.8, 4) is 0 Å². The molecule has 0 saturated heterocycles. The molecule has 0 saturated carbocycles. The topological polar surface area (TPSA) is 34.1 Å². The van der Waals surface area contributed by atoms with Crippen LogP contribution in [0.15, 0.2) is 64.4 Å². The molecule has 0 heterocycles. The lowest BCUT2D eigenvalue weighted by molar-refractivity contribution is 0.610. The summed E-state index contributed by atoms with van der Waals surface area (Å²) in [7, 11) is -2.43. The summed E-state index contributed by atoms with van der Waals surface area (Å²) in [6.07, 6.45) is 0. The summed E-state index contributed by atoms with van der Waals surface area (Å²) in [6, 6.07) is 15.9. The Morgan fingerprint density at radius 1 is 0.882 bits per heavy atom. The van der Waals surface area contributed by atoms with Crippen LogP contribution in [0.25, 0.3) is 0 Å². The molecule has 2 aromatic carbocycles. The van der Waals surface area contributed by atoms with Crippen molar-refractivity contribution in [1.29, 1.82) is 0 Å². The lowest BCUT2D eigenvalue weighted by Crippen LogP contribution is -1.94. The third-order valence-corrected chi connectivity index (χ3v) is 5.61. The first-order chi connectivity index (χ1) is 8.08. The fraction of sp³-hybridized carbons (Fsp3) is 0.0769. The largest absolute Gasteiger partial charge is 0.234 e. The predicted molar refractivity (Wildman–Crippen MR) is 70.7 cm³/mol. The Morgan fingerprint density at radius 2 is 1.47 bits per heavy atom. The van der Waals surface area contributed by atoms with Gasteiger partial charge >= 0.3 is 0 Å². The second-order valence-corrected chi connectivity index (χ2v) is 7.50. The van der Waals surface area contributed by atoms with Crippen molar-refractivity contribution >= 4 is 19.7 Å². The van der Waals surface area contributed by atoms with E-state index in [2.05, 4.69) is 0 Å². The first-order valence-electron chi connectivity index (χ1n) is 5.14. The first-order valence-corrected chi connectivity index (χ1v) is 7.96. The highest BCUT2D eigenvalue weighted by Gasteiger charge is 2.15. The SMILES string of the molecule is Cc1ccc(SS(=O)(=O)c2ccccc2)cc1. The molecule has 2 aromatic rings. The van der Waals surface area contributed by atoms with E-state index in [1.54, 1.807) is 30.3 Å². The maximum absolute atomic E-state index is 12.0. The van der Waals surface area contributed by atoms with E-state index in [4.69, 9.17) is 0 Å². The highest BCUT2D eigenvalue weighted by Crippen LogP contribution is 2.30. The molecule has 0 fully saturated rings. The van der Waals surface area contributed by atoms with Crippen LogP contribution < -0.4 is 0 Å². The molecule has 0 radical (unpaired) electrons. The molecular formula is C13H12O2S2. The molecule has 0 unspecified atom stereocenters. The summed E-state index contributed by atoms with van der Waals surface area (Å²) in [6.45, 7) is 1.97. The minimum Gasteiger partial charge on any atom is -0.212 e. The summed E-state index contributed by atoms with van der Waals surface area (Å²) >= 11 is 0. The van der Waals surface area contributed by atoms with Gasteiger partial charge in [0.05, 0.1) is 4.90 Å².